The fourth-order valence-electron chi connectivity index (χ4n) is 6.82. The second-order valence-corrected chi connectivity index (χ2v) is 14.9. The van der Waals surface area contributed by atoms with E-state index in [2.05, 4.69) is 82.7 Å². The number of nitrogens with zero attached hydrogens (tertiary/aromatic N) is 9. The minimum Gasteiger partial charge on any atom is -0.484 e. The van der Waals surface area contributed by atoms with Gasteiger partial charge < -0.3 is 24.6 Å². The Morgan fingerprint density at radius 2 is 1.78 bits per heavy atom. The van der Waals surface area contributed by atoms with E-state index in [1.807, 2.05) is 54.2 Å². The van der Waals surface area contributed by atoms with Crippen molar-refractivity contribution in [1.82, 2.24) is 44.4 Å². The lowest BCUT2D eigenvalue weighted by Crippen LogP contribution is -2.38. The van der Waals surface area contributed by atoms with Gasteiger partial charge in [0, 0.05) is 38.2 Å². The molecule has 0 unspecified atom stereocenters. The first-order chi connectivity index (χ1) is 24.5. The number of rotatable bonds is 10. The molecular formula is C37H49N11O3. The van der Waals surface area contributed by atoms with E-state index in [9.17, 15) is 4.79 Å². The van der Waals surface area contributed by atoms with E-state index in [1.165, 1.54) is 0 Å². The maximum Gasteiger partial charge on any atom is 0.320 e. The fourth-order valence-corrected chi connectivity index (χ4v) is 6.82. The summed E-state index contributed by atoms with van der Waals surface area (Å²) in [5.74, 6) is 2.14. The summed E-state index contributed by atoms with van der Waals surface area (Å²) in [7, 11) is 5.98. The van der Waals surface area contributed by atoms with Crippen LogP contribution in [0.15, 0.2) is 61.1 Å². The van der Waals surface area contributed by atoms with Crippen molar-refractivity contribution in [1.29, 1.82) is 0 Å². The first-order valence-electron chi connectivity index (χ1n) is 17.8. The third-order valence-electron chi connectivity index (χ3n) is 9.65. The molecule has 1 aliphatic heterocycles. The van der Waals surface area contributed by atoms with Crippen molar-refractivity contribution < 1.29 is 14.3 Å². The molecule has 0 saturated carbocycles. The Morgan fingerprint density at radius 1 is 1.00 bits per heavy atom. The van der Waals surface area contributed by atoms with Gasteiger partial charge in [-0.1, -0.05) is 45.0 Å². The normalized spacial score (nSPS) is 18.3. The predicted molar refractivity (Wildman–Crippen MR) is 196 cm³/mol. The van der Waals surface area contributed by atoms with E-state index in [0.717, 1.165) is 91.8 Å². The van der Waals surface area contributed by atoms with Gasteiger partial charge in [-0.25, -0.2) is 9.48 Å². The van der Waals surface area contributed by atoms with Gasteiger partial charge in [0.25, 0.3) is 0 Å². The van der Waals surface area contributed by atoms with Crippen molar-refractivity contribution in [2.75, 3.05) is 50.6 Å². The van der Waals surface area contributed by atoms with Crippen LogP contribution in [0.5, 0.6) is 5.75 Å². The zero-order chi connectivity index (χ0) is 35.7. The molecule has 2 atom stereocenters. The molecule has 1 aliphatic carbocycles. The Labute approximate surface area is 298 Å². The van der Waals surface area contributed by atoms with Crippen molar-refractivity contribution in [3.8, 4) is 11.4 Å². The van der Waals surface area contributed by atoms with Crippen LogP contribution in [-0.2, 0) is 17.2 Å². The number of carbonyl (C=O) groups excluding carboxylic acids is 1. The molecule has 0 spiro atoms. The molecule has 1 fully saturated rings. The van der Waals surface area contributed by atoms with Gasteiger partial charge in [-0.05, 0) is 63.0 Å². The number of pyridine rings is 1. The maximum atomic E-state index is 13.5. The second kappa shape index (κ2) is 14.3. The number of aromatic nitrogens is 7. The zero-order valence-corrected chi connectivity index (χ0v) is 30.4. The van der Waals surface area contributed by atoms with Gasteiger partial charge in [0.05, 0.1) is 43.0 Å². The van der Waals surface area contributed by atoms with Crippen LogP contribution in [0.3, 0.4) is 0 Å². The Kier molecular flexibility index (Phi) is 9.71. The average molecular weight is 696 g/mol. The number of piperidine rings is 1. The Hall–Kier alpha value is -4.95. The lowest BCUT2D eigenvalue weighted by molar-refractivity contribution is 0.0292. The molecule has 5 aromatic rings. The number of aryl methyl sites for hydroxylation is 1. The van der Waals surface area contributed by atoms with Gasteiger partial charge in [0.1, 0.15) is 23.4 Å². The van der Waals surface area contributed by atoms with Crippen LogP contribution >= 0.6 is 0 Å². The summed E-state index contributed by atoms with van der Waals surface area (Å²) < 4.78 is 18.2. The molecular weight excluding hydrogens is 646 g/mol. The van der Waals surface area contributed by atoms with Crippen molar-refractivity contribution in [2.24, 2.45) is 7.05 Å². The molecule has 1 aromatic carbocycles. The molecule has 14 heteroatoms. The number of amides is 2. The summed E-state index contributed by atoms with van der Waals surface area (Å²) in [5.41, 5.74) is 4.32. The highest BCUT2D eigenvalue weighted by molar-refractivity contribution is 5.89. The molecule has 51 heavy (non-hydrogen) atoms. The second-order valence-electron chi connectivity index (χ2n) is 14.9. The Bertz CT molecular complexity index is 1970. The molecule has 5 heterocycles. The van der Waals surface area contributed by atoms with Gasteiger partial charge >= 0.3 is 6.03 Å². The lowest BCUT2D eigenvalue weighted by Gasteiger charge is -2.33. The Morgan fingerprint density at radius 3 is 2.51 bits per heavy atom. The summed E-state index contributed by atoms with van der Waals surface area (Å²) in [5, 5.41) is 24.3. The third kappa shape index (κ3) is 7.71. The molecule has 4 aromatic heterocycles. The minimum absolute atomic E-state index is 0.170. The molecule has 270 valence electrons. The van der Waals surface area contributed by atoms with Crippen molar-refractivity contribution in [3.63, 3.8) is 0 Å². The van der Waals surface area contributed by atoms with Crippen LogP contribution in [-0.4, -0.2) is 91.5 Å². The maximum absolute atomic E-state index is 13.5. The monoisotopic (exact) mass is 695 g/mol. The number of ether oxygens (including phenoxy) is 2. The van der Waals surface area contributed by atoms with E-state index in [4.69, 9.17) is 14.6 Å². The predicted octanol–water partition coefficient (Wildman–Crippen LogP) is 5.27. The highest BCUT2D eigenvalue weighted by atomic mass is 16.5. The van der Waals surface area contributed by atoms with Crippen LogP contribution in [0, 0.1) is 0 Å². The van der Waals surface area contributed by atoms with E-state index in [0.29, 0.717) is 5.82 Å². The van der Waals surface area contributed by atoms with E-state index in [1.54, 1.807) is 15.6 Å². The molecule has 2 N–H and O–H groups in total. The average Bonchev–Trinajstić information content (AvgIpc) is 3.84. The van der Waals surface area contributed by atoms with E-state index >= 15 is 0 Å². The van der Waals surface area contributed by atoms with Crippen LogP contribution < -0.4 is 20.3 Å². The van der Waals surface area contributed by atoms with Crippen LogP contribution in [0.1, 0.15) is 75.4 Å². The molecule has 0 bridgehead atoms. The number of nitrogens with one attached hydrogen (secondary N) is 2. The van der Waals surface area contributed by atoms with Crippen LogP contribution in [0.25, 0.3) is 11.3 Å². The molecule has 2 amide bonds. The largest absolute Gasteiger partial charge is 0.484 e. The molecule has 14 nitrogen and oxygen atoms in total. The molecule has 7 rings (SSSR count). The van der Waals surface area contributed by atoms with Gasteiger partial charge in [0.15, 0.2) is 5.65 Å². The summed E-state index contributed by atoms with van der Waals surface area (Å²) in [6.45, 7) is 9.69. The van der Waals surface area contributed by atoms with E-state index in [-0.39, 0.29) is 29.7 Å². The number of fused-ring (bicyclic) bond motifs is 2. The smallest absolute Gasteiger partial charge is 0.320 e. The van der Waals surface area contributed by atoms with Gasteiger partial charge in [0.2, 0.25) is 5.95 Å². The van der Waals surface area contributed by atoms with Crippen molar-refractivity contribution >= 4 is 23.4 Å². The zero-order valence-electron chi connectivity index (χ0n) is 30.4. The molecule has 1 saturated heterocycles. The topological polar surface area (TPSA) is 132 Å². The van der Waals surface area contributed by atoms with E-state index < -0.39 is 0 Å². The number of anilines is 2. The number of benzene rings is 1. The number of carbonyl (C=O) groups is 1. The highest BCUT2D eigenvalue weighted by Crippen LogP contribution is 2.39. The third-order valence-corrected chi connectivity index (χ3v) is 9.65. The van der Waals surface area contributed by atoms with Crippen molar-refractivity contribution in [2.45, 2.75) is 70.1 Å². The summed E-state index contributed by atoms with van der Waals surface area (Å²) in [6.07, 6.45) is 9.05. The number of hydrogen-bond acceptors (Lipinski definition) is 9. The first-order valence-corrected chi connectivity index (χ1v) is 17.8. The summed E-state index contributed by atoms with van der Waals surface area (Å²) in [6, 6.07) is 13.5. The van der Waals surface area contributed by atoms with Gasteiger partial charge in [-0.2, -0.15) is 10.2 Å². The quantitative estimate of drug-likeness (QED) is 0.201. The SMILES string of the molecule is CN(C)CCOC1CCN(c2nnc3ccc(O[C@@H]4CC[C@H](NC(=O)Nc5cc(C(C)(C)C)nn5-c5cnn(C)c5)c5ccccc54)cn23)CC1. The Balaban J connectivity index is 1.02. The fraction of sp³-hybridized carbons (Fsp3) is 0.486. The number of urea groups is 1. The number of likely N-dealkylation sites (N-methyl/N-ethyl adjacent to an activating group) is 1. The number of hydrogen-bond donors (Lipinski definition) is 2. The minimum atomic E-state index is -0.297. The molecule has 0 radical (unpaired) electrons. The van der Waals surface area contributed by atoms with Crippen LogP contribution in [0.4, 0.5) is 16.6 Å². The van der Waals surface area contributed by atoms with Gasteiger partial charge in [-0.15, -0.1) is 10.2 Å². The van der Waals surface area contributed by atoms with Crippen molar-refractivity contribution in [3.05, 3.63) is 77.9 Å². The van der Waals surface area contributed by atoms with Crippen LogP contribution in [0.2, 0.25) is 0 Å². The molecule has 2 aliphatic rings. The summed E-state index contributed by atoms with van der Waals surface area (Å²) in [4.78, 5) is 17.9. The lowest BCUT2D eigenvalue weighted by atomic mass is 9.85. The van der Waals surface area contributed by atoms with Gasteiger partial charge in [-0.3, -0.25) is 14.4 Å². The highest BCUT2D eigenvalue weighted by Gasteiger charge is 2.31. The summed E-state index contributed by atoms with van der Waals surface area (Å²) >= 11 is 0. The first kappa shape index (κ1) is 34.5. The standard InChI is InChI=1S/C37H49N11O3/c1-37(2,3)32-21-34(48(43-32)25-22-38-45(6)23-25)40-35(49)39-30-12-13-31(29-10-8-7-9-28(29)30)51-27-11-14-33-41-42-36(47(33)24-27)46-17-15-26(16-18-46)50-20-19-44(4)5/h7-11,14,21-24,26,30-31H,12-13,15-20H2,1-6H3,(H2,39,40,49)/t30-,31+/m0/s1.